The van der Waals surface area contributed by atoms with E-state index < -0.39 is 28.5 Å². The van der Waals surface area contributed by atoms with Crippen LogP contribution in [-0.2, 0) is 30.8 Å². The predicted octanol–water partition coefficient (Wildman–Crippen LogP) is 4.72. The van der Waals surface area contributed by atoms with Crippen molar-refractivity contribution in [2.75, 3.05) is 26.8 Å². The number of ether oxygens (including phenoxy) is 2. The summed E-state index contributed by atoms with van der Waals surface area (Å²) in [5.41, 5.74) is 3.42. The Morgan fingerprint density at radius 1 is 0.905 bits per heavy atom. The summed E-state index contributed by atoms with van der Waals surface area (Å²) in [4.78, 5) is 26.0. The smallest absolute Gasteiger partial charge is 0.306 e. The first-order valence-electron chi connectivity index (χ1n) is 14.2. The number of methoxy groups -OCH3 is 1. The number of sulfonamides is 1. The van der Waals surface area contributed by atoms with E-state index in [4.69, 9.17) is 9.47 Å². The van der Waals surface area contributed by atoms with Crippen LogP contribution in [0.15, 0.2) is 88.9 Å². The number of rotatable bonds is 10. The van der Waals surface area contributed by atoms with Gasteiger partial charge >= 0.3 is 5.97 Å². The van der Waals surface area contributed by atoms with Gasteiger partial charge < -0.3 is 9.47 Å². The van der Waals surface area contributed by atoms with Crippen LogP contribution in [0.3, 0.4) is 0 Å². The summed E-state index contributed by atoms with van der Waals surface area (Å²) in [6, 6.07) is 23.4. The number of hydrazone groups is 1. The molecule has 0 spiro atoms. The van der Waals surface area contributed by atoms with E-state index in [2.05, 4.69) is 5.10 Å². The second-order valence-corrected chi connectivity index (χ2v) is 12.4. The predicted molar refractivity (Wildman–Crippen MR) is 159 cm³/mol. The molecular weight excluding hydrogens is 554 g/mol. The fraction of sp³-hybridized carbons (Fsp3) is 0.344. The van der Waals surface area contributed by atoms with Crippen LogP contribution in [0.5, 0.6) is 5.75 Å². The van der Waals surface area contributed by atoms with E-state index >= 15 is 0 Å². The number of carbonyl (C=O) groups is 2. The lowest BCUT2D eigenvalue weighted by Crippen LogP contribution is -2.35. The van der Waals surface area contributed by atoms with Gasteiger partial charge in [0.15, 0.2) is 6.61 Å². The molecule has 2 aliphatic heterocycles. The van der Waals surface area contributed by atoms with Crippen molar-refractivity contribution >= 4 is 27.6 Å². The fourth-order valence-corrected chi connectivity index (χ4v) is 6.76. The van der Waals surface area contributed by atoms with Crippen LogP contribution >= 0.6 is 0 Å². The first-order valence-corrected chi connectivity index (χ1v) is 15.6. The van der Waals surface area contributed by atoms with Crippen LogP contribution < -0.4 is 4.74 Å². The first kappa shape index (κ1) is 29.5. The molecule has 9 nitrogen and oxygen atoms in total. The zero-order valence-electron chi connectivity index (χ0n) is 23.6. The molecule has 2 heterocycles. The molecule has 0 aromatic heterocycles. The topological polar surface area (TPSA) is 106 Å². The molecule has 42 heavy (non-hydrogen) atoms. The summed E-state index contributed by atoms with van der Waals surface area (Å²) in [6.45, 7) is 0.668. The maximum atomic E-state index is 13.2. The minimum Gasteiger partial charge on any atom is -0.497 e. The zero-order chi connectivity index (χ0) is 29.5. The number of hydrogen-bond donors (Lipinski definition) is 0. The highest BCUT2D eigenvalue weighted by atomic mass is 32.2. The molecule has 1 unspecified atom stereocenters. The van der Waals surface area contributed by atoms with Gasteiger partial charge in [0.1, 0.15) is 5.75 Å². The van der Waals surface area contributed by atoms with Crippen molar-refractivity contribution in [1.29, 1.82) is 0 Å². The Hall–Kier alpha value is -4.02. The highest BCUT2D eigenvalue weighted by Crippen LogP contribution is 2.33. The molecule has 0 N–H and O–H groups in total. The Bertz CT molecular complexity index is 1520. The molecule has 1 atom stereocenters. The molecule has 0 radical (unpaired) electrons. The average Bonchev–Trinajstić information content (AvgIpc) is 3.49. The van der Waals surface area contributed by atoms with E-state index in [-0.39, 0.29) is 17.4 Å². The quantitative estimate of drug-likeness (QED) is 0.317. The normalized spacial score (nSPS) is 17.5. The Balaban J connectivity index is 1.18. The van der Waals surface area contributed by atoms with Crippen molar-refractivity contribution in [2.45, 2.75) is 49.5 Å². The van der Waals surface area contributed by atoms with Gasteiger partial charge in [0, 0.05) is 25.9 Å². The molecular formula is C32H35N3O6S. The molecule has 0 saturated carbocycles. The van der Waals surface area contributed by atoms with Gasteiger partial charge in [-0.15, -0.1) is 0 Å². The van der Waals surface area contributed by atoms with Crippen molar-refractivity contribution in [3.05, 3.63) is 95.6 Å². The molecule has 1 amide bonds. The summed E-state index contributed by atoms with van der Waals surface area (Å²) in [6.07, 6.45) is 3.76. The Labute approximate surface area is 246 Å². The van der Waals surface area contributed by atoms with E-state index in [9.17, 15) is 18.0 Å². The first-order chi connectivity index (χ1) is 20.3. The summed E-state index contributed by atoms with van der Waals surface area (Å²) < 4.78 is 37.9. The maximum Gasteiger partial charge on any atom is 0.306 e. The number of carbonyl (C=O) groups excluding carboxylic acids is 2. The molecule has 0 aliphatic carbocycles. The number of amides is 1. The highest BCUT2D eigenvalue weighted by Gasteiger charge is 2.33. The molecule has 1 fully saturated rings. The second kappa shape index (κ2) is 13.3. The highest BCUT2D eigenvalue weighted by molar-refractivity contribution is 7.89. The van der Waals surface area contributed by atoms with Crippen LogP contribution in [0.25, 0.3) is 0 Å². The number of benzene rings is 3. The van der Waals surface area contributed by atoms with Gasteiger partial charge in [0.2, 0.25) is 10.0 Å². The zero-order valence-corrected chi connectivity index (χ0v) is 24.5. The summed E-state index contributed by atoms with van der Waals surface area (Å²) in [5.74, 6) is -0.214. The molecule has 2 aliphatic rings. The van der Waals surface area contributed by atoms with Crippen LogP contribution in [-0.4, -0.2) is 62.1 Å². The monoisotopic (exact) mass is 589 g/mol. The number of piperidine rings is 1. The van der Waals surface area contributed by atoms with Crippen molar-refractivity contribution in [2.24, 2.45) is 5.10 Å². The Kier molecular flexibility index (Phi) is 9.34. The summed E-state index contributed by atoms with van der Waals surface area (Å²) in [7, 11) is -1.91. The van der Waals surface area contributed by atoms with Crippen molar-refractivity contribution in [3.63, 3.8) is 0 Å². The fourth-order valence-electron chi connectivity index (χ4n) is 5.24. The Morgan fingerprint density at radius 2 is 1.60 bits per heavy atom. The van der Waals surface area contributed by atoms with Crippen LogP contribution in [0.2, 0.25) is 0 Å². The largest absolute Gasteiger partial charge is 0.497 e. The van der Waals surface area contributed by atoms with E-state index in [1.54, 1.807) is 31.4 Å². The van der Waals surface area contributed by atoms with Gasteiger partial charge in [-0.2, -0.15) is 9.41 Å². The molecule has 5 rings (SSSR count). The standard InChI is InChI=1S/C32H35N3O6S/c1-40-27-15-13-26(14-16-27)30-22-29(25-8-4-2-5-9-25)33-35(30)31(36)23-41-32(37)19-12-24-10-17-28(18-11-24)42(38,39)34-20-6-3-7-21-34/h2,4-5,8-11,13-18,30H,3,6-7,12,19-23H2,1H3. The van der Waals surface area contributed by atoms with Gasteiger partial charge in [-0.25, -0.2) is 13.4 Å². The minimum absolute atomic E-state index is 0.0615. The SMILES string of the molecule is COc1ccc(C2CC(c3ccccc3)=NN2C(=O)COC(=O)CCc2ccc(S(=O)(=O)N3CCCCC3)cc2)cc1. The third-order valence-electron chi connectivity index (χ3n) is 7.62. The lowest BCUT2D eigenvalue weighted by molar-refractivity contribution is -0.152. The minimum atomic E-state index is -3.50. The Morgan fingerprint density at radius 3 is 2.26 bits per heavy atom. The number of hydrogen-bond acceptors (Lipinski definition) is 7. The van der Waals surface area contributed by atoms with Gasteiger partial charge in [0.05, 0.1) is 23.8 Å². The second-order valence-electron chi connectivity index (χ2n) is 10.4. The van der Waals surface area contributed by atoms with E-state index in [1.165, 1.54) is 9.31 Å². The van der Waals surface area contributed by atoms with Crippen LogP contribution in [0.4, 0.5) is 0 Å². The van der Waals surface area contributed by atoms with Crippen molar-refractivity contribution < 1.29 is 27.5 Å². The summed E-state index contributed by atoms with van der Waals surface area (Å²) >= 11 is 0. The maximum absolute atomic E-state index is 13.2. The van der Waals surface area contributed by atoms with Gasteiger partial charge in [-0.1, -0.05) is 61.0 Å². The van der Waals surface area contributed by atoms with Gasteiger partial charge in [-0.3, -0.25) is 9.59 Å². The third-order valence-corrected chi connectivity index (χ3v) is 9.54. The third kappa shape index (κ3) is 6.88. The van der Waals surface area contributed by atoms with Gasteiger partial charge in [-0.05, 0) is 60.2 Å². The number of esters is 1. The molecule has 3 aromatic rings. The van der Waals surface area contributed by atoms with Crippen LogP contribution in [0.1, 0.15) is 54.8 Å². The van der Waals surface area contributed by atoms with Crippen molar-refractivity contribution in [3.8, 4) is 5.75 Å². The molecule has 1 saturated heterocycles. The van der Waals surface area contributed by atoms with Crippen LogP contribution in [0, 0.1) is 0 Å². The lowest BCUT2D eigenvalue weighted by Gasteiger charge is -2.25. The average molecular weight is 590 g/mol. The summed E-state index contributed by atoms with van der Waals surface area (Å²) in [5, 5.41) is 6.02. The van der Waals surface area contributed by atoms with Crippen molar-refractivity contribution in [1.82, 2.24) is 9.31 Å². The lowest BCUT2D eigenvalue weighted by atomic mass is 9.98. The number of aryl methyl sites for hydroxylation is 1. The van der Waals surface area contributed by atoms with E-state index in [1.807, 2.05) is 54.6 Å². The van der Waals surface area contributed by atoms with E-state index in [0.29, 0.717) is 31.7 Å². The number of nitrogens with zero attached hydrogens (tertiary/aromatic N) is 3. The molecule has 10 heteroatoms. The van der Waals surface area contributed by atoms with Gasteiger partial charge in [0.25, 0.3) is 5.91 Å². The molecule has 0 bridgehead atoms. The molecule has 3 aromatic carbocycles. The van der Waals surface area contributed by atoms with E-state index in [0.717, 1.165) is 41.7 Å². The molecule has 220 valence electrons.